The molecule has 0 atom stereocenters. The van der Waals surface area contributed by atoms with Crippen LogP contribution in [-0.4, -0.2) is 44.0 Å². The summed E-state index contributed by atoms with van der Waals surface area (Å²) in [7, 11) is 2.14. The SMILES string of the molecule is Cc1cc(N2CCN(C)CC2)ccc1NC(=O)c1cc(Cl)ccc1Cl. The van der Waals surface area contributed by atoms with Gasteiger partial charge in [0.15, 0.2) is 0 Å². The van der Waals surface area contributed by atoms with Crippen molar-refractivity contribution in [2.24, 2.45) is 0 Å². The number of benzene rings is 2. The van der Waals surface area contributed by atoms with E-state index in [0.717, 1.165) is 37.4 Å². The smallest absolute Gasteiger partial charge is 0.257 e. The molecule has 25 heavy (non-hydrogen) atoms. The lowest BCUT2D eigenvalue weighted by atomic mass is 10.1. The molecule has 0 unspecified atom stereocenters. The highest BCUT2D eigenvalue weighted by molar-refractivity contribution is 6.36. The average Bonchev–Trinajstić information content (AvgIpc) is 2.59. The van der Waals surface area contributed by atoms with Crippen molar-refractivity contribution in [1.82, 2.24) is 4.90 Å². The van der Waals surface area contributed by atoms with Gasteiger partial charge in [0.1, 0.15) is 0 Å². The molecule has 0 radical (unpaired) electrons. The van der Waals surface area contributed by atoms with Gasteiger partial charge in [0.25, 0.3) is 5.91 Å². The van der Waals surface area contributed by atoms with Crippen LogP contribution in [0.3, 0.4) is 0 Å². The highest BCUT2D eigenvalue weighted by atomic mass is 35.5. The topological polar surface area (TPSA) is 35.6 Å². The lowest BCUT2D eigenvalue weighted by Crippen LogP contribution is -2.44. The maximum Gasteiger partial charge on any atom is 0.257 e. The van der Waals surface area contributed by atoms with E-state index in [2.05, 4.69) is 28.2 Å². The van der Waals surface area contributed by atoms with Gasteiger partial charge in [0.2, 0.25) is 0 Å². The van der Waals surface area contributed by atoms with E-state index in [0.29, 0.717) is 15.6 Å². The van der Waals surface area contributed by atoms with E-state index in [1.165, 1.54) is 5.69 Å². The number of amides is 1. The van der Waals surface area contributed by atoms with Crippen LogP contribution in [0.4, 0.5) is 11.4 Å². The molecule has 0 aliphatic carbocycles. The number of aryl methyl sites for hydroxylation is 1. The Kier molecular flexibility index (Phi) is 5.52. The van der Waals surface area contributed by atoms with Gasteiger partial charge < -0.3 is 15.1 Å². The van der Waals surface area contributed by atoms with Crippen molar-refractivity contribution in [3.63, 3.8) is 0 Å². The number of halogens is 2. The largest absolute Gasteiger partial charge is 0.369 e. The fourth-order valence-electron chi connectivity index (χ4n) is 2.91. The van der Waals surface area contributed by atoms with Crippen LogP contribution in [0.5, 0.6) is 0 Å². The lowest BCUT2D eigenvalue weighted by molar-refractivity contribution is 0.102. The molecular formula is C19H21Cl2N3O. The molecule has 0 spiro atoms. The summed E-state index contributed by atoms with van der Waals surface area (Å²) in [6, 6.07) is 11.0. The van der Waals surface area contributed by atoms with E-state index in [1.807, 2.05) is 19.1 Å². The Morgan fingerprint density at radius 3 is 2.44 bits per heavy atom. The van der Waals surface area contributed by atoms with Crippen LogP contribution in [-0.2, 0) is 0 Å². The van der Waals surface area contributed by atoms with E-state index < -0.39 is 0 Å². The fraction of sp³-hybridized carbons (Fsp3) is 0.316. The van der Waals surface area contributed by atoms with Crippen molar-refractivity contribution in [2.75, 3.05) is 43.4 Å². The zero-order chi connectivity index (χ0) is 18.0. The second-order valence-corrected chi connectivity index (χ2v) is 7.21. The fourth-order valence-corrected chi connectivity index (χ4v) is 3.29. The van der Waals surface area contributed by atoms with Crippen molar-refractivity contribution in [2.45, 2.75) is 6.92 Å². The molecule has 6 heteroatoms. The summed E-state index contributed by atoms with van der Waals surface area (Å²) < 4.78 is 0. The molecule has 1 aliphatic rings. The third-order valence-corrected chi connectivity index (χ3v) is 5.06. The summed E-state index contributed by atoms with van der Waals surface area (Å²) in [5, 5.41) is 3.79. The molecule has 0 bridgehead atoms. The summed E-state index contributed by atoms with van der Waals surface area (Å²) >= 11 is 12.1. The Bertz CT molecular complexity index is 786. The summed E-state index contributed by atoms with van der Waals surface area (Å²) in [6.07, 6.45) is 0. The Balaban J connectivity index is 1.75. The van der Waals surface area contributed by atoms with Crippen molar-refractivity contribution in [3.8, 4) is 0 Å². The molecule has 1 heterocycles. The van der Waals surface area contributed by atoms with Gasteiger partial charge in [-0.05, 0) is 55.9 Å². The maximum atomic E-state index is 12.5. The Morgan fingerprint density at radius 2 is 1.76 bits per heavy atom. The minimum Gasteiger partial charge on any atom is -0.369 e. The van der Waals surface area contributed by atoms with Crippen LogP contribution in [0.1, 0.15) is 15.9 Å². The molecule has 1 amide bonds. The van der Waals surface area contributed by atoms with Crippen LogP contribution in [0.15, 0.2) is 36.4 Å². The van der Waals surface area contributed by atoms with Crippen molar-refractivity contribution >= 4 is 40.5 Å². The first kappa shape index (κ1) is 18.1. The van der Waals surface area contributed by atoms with Crippen LogP contribution >= 0.6 is 23.2 Å². The van der Waals surface area contributed by atoms with Gasteiger partial charge >= 0.3 is 0 Å². The third kappa shape index (κ3) is 4.27. The molecule has 132 valence electrons. The van der Waals surface area contributed by atoms with E-state index >= 15 is 0 Å². The van der Waals surface area contributed by atoms with Gasteiger partial charge in [0, 0.05) is 42.6 Å². The first-order valence-electron chi connectivity index (χ1n) is 8.24. The molecule has 1 saturated heterocycles. The van der Waals surface area contributed by atoms with Gasteiger partial charge in [0.05, 0.1) is 10.6 Å². The molecule has 2 aromatic carbocycles. The molecule has 2 aromatic rings. The highest BCUT2D eigenvalue weighted by Gasteiger charge is 2.16. The molecule has 0 aromatic heterocycles. The summed E-state index contributed by atoms with van der Waals surface area (Å²) in [5.41, 5.74) is 3.35. The second-order valence-electron chi connectivity index (χ2n) is 6.37. The number of nitrogens with one attached hydrogen (secondary N) is 1. The van der Waals surface area contributed by atoms with Crippen LogP contribution in [0, 0.1) is 6.92 Å². The standard InChI is InChI=1S/C19H21Cl2N3O/c1-13-11-15(24-9-7-23(2)8-10-24)4-6-18(13)22-19(25)16-12-14(20)3-5-17(16)21/h3-6,11-12H,7-10H2,1-2H3,(H,22,25). The summed E-state index contributed by atoms with van der Waals surface area (Å²) in [6.45, 7) is 6.14. The number of likely N-dealkylation sites (N-methyl/N-ethyl adjacent to an activating group) is 1. The number of anilines is 2. The first-order valence-corrected chi connectivity index (χ1v) is 9.00. The zero-order valence-corrected chi connectivity index (χ0v) is 15.9. The van der Waals surface area contributed by atoms with Gasteiger partial charge in [-0.25, -0.2) is 0 Å². The summed E-state index contributed by atoms with van der Waals surface area (Å²) in [4.78, 5) is 17.2. The van der Waals surface area contributed by atoms with E-state index in [-0.39, 0.29) is 5.91 Å². The van der Waals surface area contributed by atoms with Crippen LogP contribution in [0.2, 0.25) is 10.0 Å². The van der Waals surface area contributed by atoms with Crippen molar-refractivity contribution in [3.05, 3.63) is 57.6 Å². The van der Waals surface area contributed by atoms with E-state index in [4.69, 9.17) is 23.2 Å². The highest BCUT2D eigenvalue weighted by Crippen LogP contribution is 2.26. The third-order valence-electron chi connectivity index (χ3n) is 4.50. The van der Waals surface area contributed by atoms with Crippen LogP contribution < -0.4 is 10.2 Å². The predicted molar refractivity (Wildman–Crippen MR) is 105 cm³/mol. The number of hydrogen-bond donors (Lipinski definition) is 1. The van der Waals surface area contributed by atoms with E-state index in [9.17, 15) is 4.79 Å². The first-order chi connectivity index (χ1) is 11.9. The van der Waals surface area contributed by atoms with Crippen LogP contribution in [0.25, 0.3) is 0 Å². The second kappa shape index (κ2) is 7.65. The minimum absolute atomic E-state index is 0.261. The van der Waals surface area contributed by atoms with Gasteiger partial charge in [-0.3, -0.25) is 4.79 Å². The molecule has 4 nitrogen and oxygen atoms in total. The Labute approximate surface area is 158 Å². The number of nitrogens with zero attached hydrogens (tertiary/aromatic N) is 2. The zero-order valence-electron chi connectivity index (χ0n) is 14.4. The quantitative estimate of drug-likeness (QED) is 0.865. The van der Waals surface area contributed by atoms with Gasteiger partial charge in [-0.1, -0.05) is 23.2 Å². The number of hydrogen-bond acceptors (Lipinski definition) is 3. The molecular weight excluding hydrogens is 357 g/mol. The van der Waals surface area contributed by atoms with Crippen molar-refractivity contribution in [1.29, 1.82) is 0 Å². The molecule has 1 N–H and O–H groups in total. The number of piperazine rings is 1. The molecule has 0 saturated carbocycles. The predicted octanol–water partition coefficient (Wildman–Crippen LogP) is 4.31. The summed E-state index contributed by atoms with van der Waals surface area (Å²) in [5.74, 6) is -0.261. The molecule has 1 aliphatic heterocycles. The average molecular weight is 378 g/mol. The monoisotopic (exact) mass is 377 g/mol. The maximum absolute atomic E-state index is 12.5. The van der Waals surface area contributed by atoms with Crippen molar-refractivity contribution < 1.29 is 4.79 Å². The lowest BCUT2D eigenvalue weighted by Gasteiger charge is -2.34. The normalized spacial score (nSPS) is 15.3. The number of rotatable bonds is 3. The number of carbonyl (C=O) groups is 1. The molecule has 3 rings (SSSR count). The van der Waals surface area contributed by atoms with Gasteiger partial charge in [-0.2, -0.15) is 0 Å². The Hall–Kier alpha value is -1.75. The number of carbonyl (C=O) groups excluding carboxylic acids is 1. The van der Waals surface area contributed by atoms with Gasteiger partial charge in [-0.15, -0.1) is 0 Å². The van der Waals surface area contributed by atoms with E-state index in [1.54, 1.807) is 18.2 Å². The Morgan fingerprint density at radius 1 is 1.04 bits per heavy atom. The minimum atomic E-state index is -0.261. The molecule has 1 fully saturated rings.